The first-order chi connectivity index (χ1) is 6.16. The average molecular weight is 184 g/mol. The van der Waals surface area contributed by atoms with Gasteiger partial charge in [0.1, 0.15) is 12.4 Å². The molecule has 0 bridgehead atoms. The van der Waals surface area contributed by atoms with Crippen LogP contribution in [0.3, 0.4) is 0 Å². The molecule has 1 heterocycles. The predicted molar refractivity (Wildman–Crippen MR) is 47.4 cm³/mol. The number of Topliss-reactive ketones (excluding diaryl/α,β-unsaturated/α-hetero) is 1. The van der Waals surface area contributed by atoms with Gasteiger partial charge in [-0.2, -0.15) is 5.10 Å². The SMILES string of the molecule is CC(C)C(=O)c1ccnn1CCF. The van der Waals surface area contributed by atoms with Crippen molar-refractivity contribution >= 4 is 5.78 Å². The highest BCUT2D eigenvalue weighted by atomic mass is 19.1. The molecule has 0 atom stereocenters. The highest BCUT2D eigenvalue weighted by Crippen LogP contribution is 2.07. The minimum absolute atomic E-state index is 0.00551. The van der Waals surface area contributed by atoms with Gasteiger partial charge >= 0.3 is 0 Å². The molecule has 4 heteroatoms. The third-order valence-corrected chi connectivity index (χ3v) is 1.79. The van der Waals surface area contributed by atoms with Gasteiger partial charge in [-0.15, -0.1) is 0 Å². The van der Waals surface area contributed by atoms with E-state index in [1.807, 2.05) is 13.8 Å². The fourth-order valence-electron chi connectivity index (χ4n) is 1.10. The molecule has 0 aliphatic heterocycles. The van der Waals surface area contributed by atoms with Crippen LogP contribution in [0.15, 0.2) is 12.3 Å². The summed E-state index contributed by atoms with van der Waals surface area (Å²) in [4.78, 5) is 11.5. The normalized spacial score (nSPS) is 10.8. The standard InChI is InChI=1S/C9H13FN2O/c1-7(2)9(13)8-3-5-11-12(8)6-4-10/h3,5,7H,4,6H2,1-2H3. The van der Waals surface area contributed by atoms with Crippen LogP contribution in [-0.4, -0.2) is 22.2 Å². The van der Waals surface area contributed by atoms with Crippen molar-refractivity contribution in [3.63, 3.8) is 0 Å². The lowest BCUT2D eigenvalue weighted by atomic mass is 10.1. The number of ketones is 1. The number of carbonyl (C=O) groups excluding carboxylic acids is 1. The Morgan fingerprint density at radius 2 is 2.38 bits per heavy atom. The highest BCUT2D eigenvalue weighted by Gasteiger charge is 2.14. The van der Waals surface area contributed by atoms with E-state index in [4.69, 9.17) is 0 Å². The number of halogens is 1. The van der Waals surface area contributed by atoms with Gasteiger partial charge in [0.15, 0.2) is 5.78 Å². The third-order valence-electron chi connectivity index (χ3n) is 1.79. The molecule has 0 radical (unpaired) electrons. The molecule has 1 aromatic rings. The summed E-state index contributed by atoms with van der Waals surface area (Å²) in [5.74, 6) is -0.0685. The molecule has 0 unspecified atom stereocenters. The topological polar surface area (TPSA) is 34.9 Å². The Morgan fingerprint density at radius 1 is 1.69 bits per heavy atom. The Kier molecular flexibility index (Phi) is 3.17. The summed E-state index contributed by atoms with van der Waals surface area (Å²) in [5.41, 5.74) is 0.493. The number of hydrogen-bond acceptors (Lipinski definition) is 2. The van der Waals surface area contributed by atoms with Crippen LogP contribution in [0.25, 0.3) is 0 Å². The van der Waals surface area contributed by atoms with Crippen LogP contribution in [-0.2, 0) is 6.54 Å². The van der Waals surface area contributed by atoms with E-state index < -0.39 is 6.67 Å². The van der Waals surface area contributed by atoms with Gasteiger partial charge in [-0.05, 0) is 6.07 Å². The molecular weight excluding hydrogens is 171 g/mol. The summed E-state index contributed by atoms with van der Waals surface area (Å²) in [6.07, 6.45) is 1.52. The number of hydrogen-bond donors (Lipinski definition) is 0. The van der Waals surface area contributed by atoms with Gasteiger partial charge in [0.2, 0.25) is 0 Å². The number of carbonyl (C=O) groups is 1. The van der Waals surface area contributed by atoms with E-state index in [0.29, 0.717) is 5.69 Å². The minimum Gasteiger partial charge on any atom is -0.292 e. The maximum absolute atomic E-state index is 12.0. The zero-order chi connectivity index (χ0) is 9.84. The molecule has 0 amide bonds. The molecule has 1 rings (SSSR count). The average Bonchev–Trinajstić information content (AvgIpc) is 2.52. The smallest absolute Gasteiger partial charge is 0.183 e. The van der Waals surface area contributed by atoms with Crippen LogP contribution in [0.2, 0.25) is 0 Å². The Bertz CT molecular complexity index is 294. The van der Waals surface area contributed by atoms with Gasteiger partial charge in [-0.3, -0.25) is 9.48 Å². The first-order valence-electron chi connectivity index (χ1n) is 4.28. The molecule has 0 saturated carbocycles. The van der Waals surface area contributed by atoms with E-state index in [-0.39, 0.29) is 18.2 Å². The van der Waals surface area contributed by atoms with Crippen LogP contribution >= 0.6 is 0 Å². The molecule has 0 N–H and O–H groups in total. The minimum atomic E-state index is -0.500. The van der Waals surface area contributed by atoms with E-state index in [1.165, 1.54) is 10.9 Å². The summed E-state index contributed by atoms with van der Waals surface area (Å²) >= 11 is 0. The zero-order valence-corrected chi connectivity index (χ0v) is 7.83. The molecule has 0 aliphatic carbocycles. The van der Waals surface area contributed by atoms with E-state index in [2.05, 4.69) is 5.10 Å². The second-order valence-corrected chi connectivity index (χ2v) is 3.15. The first kappa shape index (κ1) is 9.89. The van der Waals surface area contributed by atoms with E-state index in [9.17, 15) is 9.18 Å². The number of aryl methyl sites for hydroxylation is 1. The summed E-state index contributed by atoms with van der Waals surface area (Å²) in [5, 5.41) is 3.87. The Hall–Kier alpha value is -1.19. The molecule has 3 nitrogen and oxygen atoms in total. The summed E-state index contributed by atoms with van der Waals surface area (Å²) in [6.45, 7) is 3.28. The van der Waals surface area contributed by atoms with Crippen LogP contribution in [0.5, 0.6) is 0 Å². The van der Waals surface area contributed by atoms with Crippen LogP contribution in [0, 0.1) is 5.92 Å². The highest BCUT2D eigenvalue weighted by molar-refractivity contribution is 5.95. The second-order valence-electron chi connectivity index (χ2n) is 3.15. The van der Waals surface area contributed by atoms with E-state index in [1.54, 1.807) is 6.07 Å². The zero-order valence-electron chi connectivity index (χ0n) is 7.83. The van der Waals surface area contributed by atoms with Crippen molar-refractivity contribution in [2.45, 2.75) is 20.4 Å². The maximum Gasteiger partial charge on any atom is 0.183 e. The van der Waals surface area contributed by atoms with Crippen molar-refractivity contribution in [3.8, 4) is 0 Å². The fourth-order valence-corrected chi connectivity index (χ4v) is 1.10. The van der Waals surface area contributed by atoms with Crippen molar-refractivity contribution in [1.82, 2.24) is 9.78 Å². The summed E-state index contributed by atoms with van der Waals surface area (Å²) in [6, 6.07) is 1.62. The number of nitrogens with zero attached hydrogens (tertiary/aromatic N) is 2. The van der Waals surface area contributed by atoms with Gasteiger partial charge in [0.05, 0.1) is 6.54 Å². The van der Waals surface area contributed by atoms with Gasteiger partial charge in [0.25, 0.3) is 0 Å². The monoisotopic (exact) mass is 184 g/mol. The van der Waals surface area contributed by atoms with Crippen LogP contribution < -0.4 is 0 Å². The van der Waals surface area contributed by atoms with Gasteiger partial charge in [0, 0.05) is 12.1 Å². The summed E-state index contributed by atoms with van der Waals surface area (Å²) in [7, 11) is 0. The van der Waals surface area contributed by atoms with Crippen LogP contribution in [0.1, 0.15) is 24.3 Å². The van der Waals surface area contributed by atoms with Crippen molar-refractivity contribution < 1.29 is 9.18 Å². The molecular formula is C9H13FN2O. The number of alkyl halides is 1. The molecule has 0 spiro atoms. The molecule has 72 valence electrons. The Morgan fingerprint density at radius 3 is 2.92 bits per heavy atom. The molecule has 0 saturated heterocycles. The van der Waals surface area contributed by atoms with Gasteiger partial charge in [-0.1, -0.05) is 13.8 Å². The predicted octanol–water partition coefficient (Wildman–Crippen LogP) is 1.69. The Labute approximate surface area is 76.6 Å². The third kappa shape index (κ3) is 2.14. The maximum atomic E-state index is 12.0. The van der Waals surface area contributed by atoms with Crippen LogP contribution in [0.4, 0.5) is 4.39 Å². The fraction of sp³-hybridized carbons (Fsp3) is 0.556. The Balaban J connectivity index is 2.87. The van der Waals surface area contributed by atoms with Crippen molar-refractivity contribution in [3.05, 3.63) is 18.0 Å². The van der Waals surface area contributed by atoms with E-state index in [0.717, 1.165) is 0 Å². The lowest BCUT2D eigenvalue weighted by molar-refractivity contribution is 0.0928. The van der Waals surface area contributed by atoms with Gasteiger partial charge in [-0.25, -0.2) is 4.39 Å². The number of aromatic nitrogens is 2. The summed E-state index contributed by atoms with van der Waals surface area (Å²) < 4.78 is 13.4. The molecule has 1 aromatic heterocycles. The van der Waals surface area contributed by atoms with Gasteiger partial charge < -0.3 is 0 Å². The van der Waals surface area contributed by atoms with Crippen molar-refractivity contribution in [2.75, 3.05) is 6.67 Å². The lowest BCUT2D eigenvalue weighted by Crippen LogP contribution is -2.15. The van der Waals surface area contributed by atoms with E-state index >= 15 is 0 Å². The molecule has 0 aromatic carbocycles. The largest absolute Gasteiger partial charge is 0.292 e. The second kappa shape index (κ2) is 4.16. The lowest BCUT2D eigenvalue weighted by Gasteiger charge is -2.06. The number of rotatable bonds is 4. The quantitative estimate of drug-likeness (QED) is 0.667. The van der Waals surface area contributed by atoms with Crippen molar-refractivity contribution in [1.29, 1.82) is 0 Å². The molecule has 13 heavy (non-hydrogen) atoms. The molecule has 0 aliphatic rings. The van der Waals surface area contributed by atoms with Crippen molar-refractivity contribution in [2.24, 2.45) is 5.92 Å². The molecule has 0 fully saturated rings. The first-order valence-corrected chi connectivity index (χ1v) is 4.28.